The van der Waals surface area contributed by atoms with E-state index >= 15 is 0 Å². The Morgan fingerprint density at radius 1 is 1.64 bits per heavy atom. The molecule has 11 heavy (non-hydrogen) atoms. The summed E-state index contributed by atoms with van der Waals surface area (Å²) >= 11 is 0. The van der Waals surface area contributed by atoms with Crippen LogP contribution in [0.5, 0.6) is 0 Å². The third-order valence-electron chi connectivity index (χ3n) is 2.20. The van der Waals surface area contributed by atoms with Gasteiger partial charge in [0, 0.05) is 13.7 Å². The molecule has 2 unspecified atom stereocenters. The second-order valence-electron chi connectivity index (χ2n) is 3.11. The van der Waals surface area contributed by atoms with E-state index in [-0.39, 0.29) is 0 Å². The van der Waals surface area contributed by atoms with Crippen molar-refractivity contribution in [2.45, 2.75) is 25.2 Å². The number of alkyl halides is 1. The van der Waals surface area contributed by atoms with Crippen LogP contribution in [0.1, 0.15) is 19.3 Å². The molecule has 65 valence electrons. The van der Waals surface area contributed by atoms with Gasteiger partial charge in [0.15, 0.2) is 0 Å². The van der Waals surface area contributed by atoms with Crippen molar-refractivity contribution in [1.29, 1.82) is 0 Å². The van der Waals surface area contributed by atoms with Crippen molar-refractivity contribution in [3.05, 3.63) is 12.7 Å². The van der Waals surface area contributed by atoms with Crippen molar-refractivity contribution < 1.29 is 9.28 Å². The van der Waals surface area contributed by atoms with Gasteiger partial charge < -0.3 is 4.89 Å². The van der Waals surface area contributed by atoms with Crippen LogP contribution in [0.25, 0.3) is 0 Å². The van der Waals surface area contributed by atoms with Crippen molar-refractivity contribution in [3.8, 4) is 0 Å². The molecule has 1 aliphatic heterocycles. The van der Waals surface area contributed by atoms with Gasteiger partial charge in [0.2, 0.25) is 0 Å². The summed E-state index contributed by atoms with van der Waals surface area (Å²) in [5.74, 6) is -0.936. The molecule has 2 atom stereocenters. The number of halogens is 1. The SMILES string of the molecule is C=CC[P]1(O)CCCCC1F. The minimum atomic E-state index is -2.24. The lowest BCUT2D eigenvalue weighted by atomic mass is 10.3. The van der Waals surface area contributed by atoms with Crippen molar-refractivity contribution in [2.75, 3.05) is 12.3 Å². The van der Waals surface area contributed by atoms with E-state index in [1.165, 1.54) is 0 Å². The van der Waals surface area contributed by atoms with Gasteiger partial charge in [-0.3, -0.25) is 0 Å². The van der Waals surface area contributed by atoms with Crippen molar-refractivity contribution in [1.82, 2.24) is 0 Å². The van der Waals surface area contributed by atoms with Gasteiger partial charge in [-0.05, 0) is 25.4 Å². The van der Waals surface area contributed by atoms with E-state index in [0.717, 1.165) is 12.8 Å². The highest BCUT2D eigenvalue weighted by Crippen LogP contribution is 2.63. The van der Waals surface area contributed by atoms with Gasteiger partial charge in [-0.15, -0.1) is 6.58 Å². The Hall–Kier alpha value is 0.0600. The van der Waals surface area contributed by atoms with Crippen LogP contribution in [0.2, 0.25) is 0 Å². The smallest absolute Gasteiger partial charge is 0.138 e. The lowest BCUT2D eigenvalue weighted by Crippen LogP contribution is -2.18. The monoisotopic (exact) mass is 177 g/mol. The summed E-state index contributed by atoms with van der Waals surface area (Å²) in [7, 11) is -2.24. The normalized spacial score (nSPS) is 38.5. The zero-order chi connectivity index (χ0) is 8.32. The minimum absolute atomic E-state index is 0.494. The molecule has 1 saturated heterocycles. The first-order valence-corrected chi connectivity index (χ1v) is 6.21. The quantitative estimate of drug-likeness (QED) is 0.507. The third kappa shape index (κ3) is 2.00. The first kappa shape index (κ1) is 9.15. The van der Waals surface area contributed by atoms with Gasteiger partial charge in [0.25, 0.3) is 0 Å². The molecule has 1 fully saturated rings. The predicted molar refractivity (Wildman–Crippen MR) is 47.8 cm³/mol. The maximum Gasteiger partial charge on any atom is 0.138 e. The molecule has 0 amide bonds. The fourth-order valence-electron chi connectivity index (χ4n) is 1.51. The second-order valence-corrected chi connectivity index (χ2v) is 6.46. The summed E-state index contributed by atoms with van der Waals surface area (Å²) < 4.78 is 13.2. The van der Waals surface area contributed by atoms with Crippen LogP contribution in [0.3, 0.4) is 0 Å². The molecule has 1 N–H and O–H groups in total. The second kappa shape index (κ2) is 3.64. The number of rotatable bonds is 2. The first-order valence-electron chi connectivity index (χ1n) is 4.03. The highest BCUT2D eigenvalue weighted by molar-refractivity contribution is 7.71. The van der Waals surface area contributed by atoms with Crippen LogP contribution in [0, 0.1) is 0 Å². The van der Waals surface area contributed by atoms with E-state index in [9.17, 15) is 9.28 Å². The fraction of sp³-hybridized carbons (Fsp3) is 0.750. The van der Waals surface area contributed by atoms with Gasteiger partial charge >= 0.3 is 0 Å². The van der Waals surface area contributed by atoms with Gasteiger partial charge in [-0.25, -0.2) is 4.39 Å². The van der Waals surface area contributed by atoms with Gasteiger partial charge in [0.05, 0.1) is 0 Å². The van der Waals surface area contributed by atoms with Gasteiger partial charge in [-0.2, -0.15) is 0 Å². The van der Waals surface area contributed by atoms with Gasteiger partial charge in [0.1, 0.15) is 5.91 Å². The summed E-state index contributed by atoms with van der Waals surface area (Å²) in [6.07, 6.45) is 5.30. The number of hydrogen-bond acceptors (Lipinski definition) is 1. The summed E-state index contributed by atoms with van der Waals surface area (Å²) in [5.41, 5.74) is 0. The number of hydrogen-bond donors (Lipinski definition) is 1. The highest BCUT2D eigenvalue weighted by atomic mass is 31.2. The average Bonchev–Trinajstić information content (AvgIpc) is 1.96. The van der Waals surface area contributed by atoms with E-state index < -0.39 is 13.4 Å². The zero-order valence-electron chi connectivity index (χ0n) is 6.67. The predicted octanol–water partition coefficient (Wildman–Crippen LogP) is 2.58. The molecule has 0 aromatic carbocycles. The Balaban J connectivity index is 2.56. The van der Waals surface area contributed by atoms with Gasteiger partial charge in [-0.1, -0.05) is 6.08 Å². The number of allylic oxidation sites excluding steroid dienone is 1. The van der Waals surface area contributed by atoms with E-state index in [0.29, 0.717) is 18.7 Å². The Bertz CT molecular complexity index is 151. The molecule has 3 heteroatoms. The van der Waals surface area contributed by atoms with Crippen LogP contribution in [-0.2, 0) is 0 Å². The molecular formula is C8H15FOP. The largest absolute Gasteiger partial charge is 0.377 e. The topological polar surface area (TPSA) is 20.2 Å². The Morgan fingerprint density at radius 2 is 2.36 bits per heavy atom. The molecule has 0 saturated carbocycles. The molecule has 1 rings (SSSR count). The summed E-state index contributed by atoms with van der Waals surface area (Å²) in [6.45, 7) is 3.54. The van der Waals surface area contributed by atoms with Crippen molar-refractivity contribution >= 4 is 7.49 Å². The van der Waals surface area contributed by atoms with Crippen molar-refractivity contribution in [3.63, 3.8) is 0 Å². The Kier molecular flexibility index (Phi) is 3.03. The highest BCUT2D eigenvalue weighted by Gasteiger charge is 2.35. The Morgan fingerprint density at radius 3 is 2.91 bits per heavy atom. The van der Waals surface area contributed by atoms with E-state index in [4.69, 9.17) is 0 Å². The maximum atomic E-state index is 13.2. The molecule has 0 aliphatic carbocycles. The van der Waals surface area contributed by atoms with Crippen LogP contribution in [0.15, 0.2) is 12.7 Å². The van der Waals surface area contributed by atoms with Crippen LogP contribution in [0.4, 0.5) is 4.39 Å². The fourth-order valence-corrected chi connectivity index (χ4v) is 4.08. The maximum absolute atomic E-state index is 13.2. The Labute approximate surface area is 67.7 Å². The zero-order valence-corrected chi connectivity index (χ0v) is 7.56. The minimum Gasteiger partial charge on any atom is -0.377 e. The molecule has 0 aromatic rings. The van der Waals surface area contributed by atoms with E-state index in [1.54, 1.807) is 6.08 Å². The third-order valence-corrected chi connectivity index (χ3v) is 5.49. The molecule has 1 nitrogen and oxygen atoms in total. The van der Waals surface area contributed by atoms with Crippen molar-refractivity contribution in [2.24, 2.45) is 0 Å². The molecular weight excluding hydrogens is 162 g/mol. The molecule has 0 bridgehead atoms. The van der Waals surface area contributed by atoms with Crippen LogP contribution in [-0.4, -0.2) is 23.1 Å². The average molecular weight is 177 g/mol. The summed E-state index contributed by atoms with van der Waals surface area (Å²) in [4.78, 5) is 9.80. The van der Waals surface area contributed by atoms with Crippen LogP contribution < -0.4 is 0 Å². The standard InChI is InChI=1S/C8H15FOP/c1-2-6-11(10)7-4-3-5-8(11)9/h2,8,10H,1,3-7H2. The summed E-state index contributed by atoms with van der Waals surface area (Å²) in [6, 6.07) is 0. The molecule has 1 aliphatic rings. The summed E-state index contributed by atoms with van der Waals surface area (Å²) in [5, 5.41) is 0. The molecule has 0 spiro atoms. The van der Waals surface area contributed by atoms with Crippen LogP contribution >= 0.6 is 7.49 Å². The first-order chi connectivity index (χ1) is 5.19. The lowest BCUT2D eigenvalue weighted by molar-refractivity contribution is 0.362. The van der Waals surface area contributed by atoms with E-state index in [2.05, 4.69) is 6.58 Å². The van der Waals surface area contributed by atoms with E-state index in [1.807, 2.05) is 0 Å². The molecule has 1 radical (unpaired) electrons. The molecule has 0 aromatic heterocycles. The molecule has 1 heterocycles. The lowest BCUT2D eigenvalue weighted by Gasteiger charge is -2.36.